The van der Waals surface area contributed by atoms with E-state index in [1.54, 1.807) is 36.3 Å². The molecule has 0 saturated heterocycles. The van der Waals surface area contributed by atoms with E-state index < -0.39 is 6.04 Å². The number of methoxy groups -OCH3 is 1. The predicted octanol–water partition coefficient (Wildman–Crippen LogP) is 3.96. The number of hydrogen-bond donors (Lipinski definition) is 1. The van der Waals surface area contributed by atoms with Gasteiger partial charge in [0.05, 0.1) is 7.11 Å². The van der Waals surface area contributed by atoms with Gasteiger partial charge in [-0.05, 0) is 49.1 Å². The quantitative estimate of drug-likeness (QED) is 0.591. The van der Waals surface area contributed by atoms with Crippen LogP contribution in [0.5, 0.6) is 11.5 Å². The third-order valence-electron chi connectivity index (χ3n) is 4.97. The highest BCUT2D eigenvalue weighted by atomic mass is 16.5. The van der Waals surface area contributed by atoms with Gasteiger partial charge in [-0.1, -0.05) is 50.6 Å². The molecule has 1 atom stereocenters. The first-order valence-corrected chi connectivity index (χ1v) is 10.7. The summed E-state index contributed by atoms with van der Waals surface area (Å²) in [5.74, 6) is 1.25. The first-order valence-electron chi connectivity index (χ1n) is 10.7. The zero-order valence-corrected chi connectivity index (χ0v) is 19.2. The van der Waals surface area contributed by atoms with E-state index in [0.29, 0.717) is 36.9 Å². The summed E-state index contributed by atoms with van der Waals surface area (Å²) in [4.78, 5) is 27.6. The molecular formula is C25H34N2O4. The summed E-state index contributed by atoms with van der Waals surface area (Å²) in [6.07, 6.45) is 0.518. The van der Waals surface area contributed by atoms with Gasteiger partial charge >= 0.3 is 0 Å². The molecule has 0 aliphatic rings. The lowest BCUT2D eigenvalue weighted by Crippen LogP contribution is -2.50. The minimum absolute atomic E-state index is 0.138. The fourth-order valence-corrected chi connectivity index (χ4v) is 3.13. The van der Waals surface area contributed by atoms with E-state index in [4.69, 9.17) is 9.47 Å². The van der Waals surface area contributed by atoms with Gasteiger partial charge in [0.25, 0.3) is 5.91 Å². The van der Waals surface area contributed by atoms with E-state index in [1.165, 1.54) is 0 Å². The highest BCUT2D eigenvalue weighted by Crippen LogP contribution is 2.18. The minimum Gasteiger partial charge on any atom is -0.497 e. The molecule has 0 unspecified atom stereocenters. The van der Waals surface area contributed by atoms with Crippen molar-refractivity contribution in [1.82, 2.24) is 10.2 Å². The Morgan fingerprint density at radius 1 is 1.00 bits per heavy atom. The van der Waals surface area contributed by atoms with Crippen molar-refractivity contribution in [2.75, 3.05) is 20.3 Å². The maximum atomic E-state index is 13.2. The molecule has 6 heteroatoms. The molecule has 0 saturated carbocycles. The van der Waals surface area contributed by atoms with Crippen LogP contribution in [0, 0.1) is 12.8 Å². The third kappa shape index (κ3) is 7.63. The number of nitrogens with zero attached hydrogens (tertiary/aromatic N) is 1. The molecule has 0 radical (unpaired) electrons. The normalized spacial score (nSPS) is 11.7. The van der Waals surface area contributed by atoms with Crippen LogP contribution in [0.15, 0.2) is 48.5 Å². The van der Waals surface area contributed by atoms with Crippen LogP contribution < -0.4 is 14.8 Å². The zero-order chi connectivity index (χ0) is 22.8. The maximum Gasteiger partial charge on any atom is 0.261 e. The van der Waals surface area contributed by atoms with Gasteiger partial charge in [-0.15, -0.1) is 0 Å². The largest absolute Gasteiger partial charge is 0.497 e. The van der Waals surface area contributed by atoms with Gasteiger partial charge < -0.3 is 19.7 Å². The van der Waals surface area contributed by atoms with Crippen LogP contribution in [0.2, 0.25) is 0 Å². The fourth-order valence-electron chi connectivity index (χ4n) is 3.13. The summed E-state index contributed by atoms with van der Waals surface area (Å²) >= 11 is 0. The summed E-state index contributed by atoms with van der Waals surface area (Å²) in [5, 5.41) is 2.96. The SMILES string of the molecule is CC[C@H](C(=O)NCC(C)C)N(Cc1ccc(C)cc1)C(=O)COc1ccc(OC)cc1. The molecule has 2 rings (SSSR count). The zero-order valence-electron chi connectivity index (χ0n) is 19.2. The van der Waals surface area contributed by atoms with Crippen LogP contribution in [0.4, 0.5) is 0 Å². The van der Waals surface area contributed by atoms with E-state index in [0.717, 1.165) is 11.1 Å². The Hall–Kier alpha value is -3.02. The second-order valence-corrected chi connectivity index (χ2v) is 8.03. The van der Waals surface area contributed by atoms with E-state index in [2.05, 4.69) is 5.32 Å². The van der Waals surface area contributed by atoms with Gasteiger partial charge in [0.2, 0.25) is 5.91 Å². The standard InChI is InChI=1S/C25H34N2O4/c1-6-23(25(29)26-15-18(2)3)27(16-20-9-7-19(4)8-10-20)24(28)17-31-22-13-11-21(30-5)12-14-22/h7-14,18,23H,6,15-17H2,1-5H3,(H,26,29)/t23-/m1/s1. The Kier molecular flexibility index (Phi) is 9.38. The van der Waals surface area contributed by atoms with Crippen LogP contribution >= 0.6 is 0 Å². The number of carbonyl (C=O) groups excluding carboxylic acids is 2. The summed E-state index contributed by atoms with van der Waals surface area (Å²) in [5.41, 5.74) is 2.12. The van der Waals surface area contributed by atoms with Gasteiger partial charge in [-0.2, -0.15) is 0 Å². The molecule has 0 aliphatic carbocycles. The van der Waals surface area contributed by atoms with Gasteiger partial charge in [0, 0.05) is 13.1 Å². The number of ether oxygens (including phenoxy) is 2. The number of aryl methyl sites for hydroxylation is 1. The molecular weight excluding hydrogens is 392 g/mol. The average Bonchev–Trinajstić information content (AvgIpc) is 2.77. The van der Waals surface area contributed by atoms with Crippen LogP contribution in [-0.2, 0) is 16.1 Å². The lowest BCUT2D eigenvalue weighted by Gasteiger charge is -2.31. The summed E-state index contributed by atoms with van der Waals surface area (Å²) in [6, 6.07) is 14.5. The molecule has 2 amide bonds. The first kappa shape index (κ1) is 24.3. The molecule has 0 spiro atoms. The van der Waals surface area contributed by atoms with Crippen molar-refractivity contribution in [1.29, 1.82) is 0 Å². The molecule has 0 aliphatic heterocycles. The Balaban J connectivity index is 2.16. The number of nitrogens with one attached hydrogen (secondary N) is 1. The second kappa shape index (κ2) is 12.0. The molecule has 0 bridgehead atoms. The Morgan fingerprint density at radius 2 is 1.61 bits per heavy atom. The predicted molar refractivity (Wildman–Crippen MR) is 122 cm³/mol. The van der Waals surface area contributed by atoms with Crippen molar-refractivity contribution in [3.63, 3.8) is 0 Å². The van der Waals surface area contributed by atoms with Crippen molar-refractivity contribution in [2.24, 2.45) is 5.92 Å². The third-order valence-corrected chi connectivity index (χ3v) is 4.97. The van der Waals surface area contributed by atoms with Crippen molar-refractivity contribution in [3.05, 3.63) is 59.7 Å². The Morgan fingerprint density at radius 3 is 2.16 bits per heavy atom. The molecule has 0 heterocycles. The van der Waals surface area contributed by atoms with E-state index >= 15 is 0 Å². The average molecular weight is 427 g/mol. The van der Waals surface area contributed by atoms with Crippen molar-refractivity contribution in [2.45, 2.75) is 46.7 Å². The van der Waals surface area contributed by atoms with Gasteiger partial charge in [-0.25, -0.2) is 0 Å². The van der Waals surface area contributed by atoms with Crippen molar-refractivity contribution >= 4 is 11.8 Å². The summed E-state index contributed by atoms with van der Waals surface area (Å²) in [7, 11) is 1.59. The molecule has 6 nitrogen and oxygen atoms in total. The molecule has 31 heavy (non-hydrogen) atoms. The van der Waals surface area contributed by atoms with Gasteiger partial charge in [0.1, 0.15) is 17.5 Å². The summed E-state index contributed by atoms with van der Waals surface area (Å²) in [6.45, 7) is 8.79. The lowest BCUT2D eigenvalue weighted by atomic mass is 10.1. The van der Waals surface area contributed by atoms with Crippen LogP contribution in [-0.4, -0.2) is 43.0 Å². The van der Waals surface area contributed by atoms with Gasteiger partial charge in [-0.3, -0.25) is 9.59 Å². The van der Waals surface area contributed by atoms with Crippen LogP contribution in [0.1, 0.15) is 38.3 Å². The van der Waals surface area contributed by atoms with Crippen LogP contribution in [0.25, 0.3) is 0 Å². The van der Waals surface area contributed by atoms with Gasteiger partial charge in [0.15, 0.2) is 6.61 Å². The molecule has 1 N–H and O–H groups in total. The Bertz CT molecular complexity index is 832. The Labute approximate surface area is 185 Å². The highest BCUT2D eigenvalue weighted by molar-refractivity contribution is 5.88. The van der Waals surface area contributed by atoms with Crippen molar-refractivity contribution < 1.29 is 19.1 Å². The number of amides is 2. The molecule has 2 aromatic rings. The molecule has 0 aromatic heterocycles. The fraction of sp³-hybridized carbons (Fsp3) is 0.440. The van der Waals surface area contributed by atoms with Crippen molar-refractivity contribution in [3.8, 4) is 11.5 Å². The molecule has 0 fully saturated rings. The number of benzene rings is 2. The summed E-state index contributed by atoms with van der Waals surface area (Å²) < 4.78 is 10.8. The van der Waals surface area contributed by atoms with Crippen LogP contribution in [0.3, 0.4) is 0 Å². The number of rotatable bonds is 11. The monoisotopic (exact) mass is 426 g/mol. The second-order valence-electron chi connectivity index (χ2n) is 8.03. The topological polar surface area (TPSA) is 67.9 Å². The lowest BCUT2D eigenvalue weighted by molar-refractivity contribution is -0.143. The maximum absolute atomic E-state index is 13.2. The first-order chi connectivity index (χ1) is 14.8. The molecule has 2 aromatic carbocycles. The van der Waals surface area contributed by atoms with E-state index in [1.807, 2.05) is 52.0 Å². The smallest absolute Gasteiger partial charge is 0.261 e. The molecule has 168 valence electrons. The number of hydrogen-bond acceptors (Lipinski definition) is 4. The minimum atomic E-state index is -0.563. The number of carbonyl (C=O) groups is 2. The highest BCUT2D eigenvalue weighted by Gasteiger charge is 2.29. The van der Waals surface area contributed by atoms with E-state index in [-0.39, 0.29) is 18.4 Å². The van der Waals surface area contributed by atoms with E-state index in [9.17, 15) is 9.59 Å².